The molecule has 0 radical (unpaired) electrons. The Labute approximate surface area is 100 Å². The predicted octanol–water partition coefficient (Wildman–Crippen LogP) is -3.43. The molecule has 0 bridgehead atoms. The molecule has 1 rings (SSSR count). The number of aromatic nitrogens is 3. The SMILES string of the molecule is N#CNc1n[c-]ncn1.[K+]. The largest absolute Gasteiger partial charge is 1.00 e. The third-order valence-corrected chi connectivity index (χ3v) is 0.619. The number of nitrogens with zero attached hydrogens (tertiary/aromatic N) is 4. The molecule has 1 heterocycles. The maximum Gasteiger partial charge on any atom is 1.00 e. The molecule has 0 aliphatic heterocycles. The van der Waals surface area contributed by atoms with Crippen LogP contribution in [0, 0.1) is 17.8 Å². The molecule has 0 aliphatic rings. The second kappa shape index (κ2) is 5.70. The van der Waals surface area contributed by atoms with Crippen molar-refractivity contribution in [2.75, 3.05) is 5.32 Å². The van der Waals surface area contributed by atoms with Gasteiger partial charge in [-0.1, -0.05) is 0 Å². The van der Waals surface area contributed by atoms with E-state index in [1.807, 2.05) is 0 Å². The molecule has 0 fully saturated rings. The van der Waals surface area contributed by atoms with Crippen molar-refractivity contribution >= 4 is 5.95 Å². The van der Waals surface area contributed by atoms with Crippen LogP contribution in [0.4, 0.5) is 5.95 Å². The molecule has 0 atom stereocenters. The van der Waals surface area contributed by atoms with Crippen molar-refractivity contribution in [2.45, 2.75) is 0 Å². The van der Waals surface area contributed by atoms with Crippen molar-refractivity contribution in [3.05, 3.63) is 12.7 Å². The molecule has 6 heteroatoms. The number of rotatable bonds is 1. The van der Waals surface area contributed by atoms with Crippen LogP contribution >= 0.6 is 0 Å². The number of anilines is 1. The zero-order chi connectivity index (χ0) is 6.53. The molecule has 0 saturated carbocycles. The maximum atomic E-state index is 8.04. The van der Waals surface area contributed by atoms with E-state index in [-0.39, 0.29) is 57.3 Å². The van der Waals surface area contributed by atoms with Crippen molar-refractivity contribution in [1.29, 1.82) is 5.26 Å². The summed E-state index contributed by atoms with van der Waals surface area (Å²) in [4.78, 5) is 10.5. The Morgan fingerprint density at radius 2 is 2.50 bits per heavy atom. The average Bonchev–Trinajstić information content (AvgIpc) is 1.91. The Morgan fingerprint density at radius 1 is 1.70 bits per heavy atom. The van der Waals surface area contributed by atoms with Gasteiger partial charge in [-0.2, -0.15) is 5.26 Å². The summed E-state index contributed by atoms with van der Waals surface area (Å²) in [7, 11) is 0. The topological polar surface area (TPSA) is 74.5 Å². The average molecular weight is 159 g/mol. The van der Waals surface area contributed by atoms with Gasteiger partial charge in [0.1, 0.15) is 5.95 Å². The second-order valence-corrected chi connectivity index (χ2v) is 1.15. The van der Waals surface area contributed by atoms with Crippen molar-refractivity contribution in [1.82, 2.24) is 15.0 Å². The Balaban J connectivity index is 0.000000810. The fraction of sp³-hybridized carbons (Fsp3) is 0. The van der Waals surface area contributed by atoms with Crippen LogP contribution in [0.5, 0.6) is 0 Å². The monoisotopic (exact) mass is 159 g/mol. The van der Waals surface area contributed by atoms with Gasteiger partial charge >= 0.3 is 51.4 Å². The predicted molar refractivity (Wildman–Crippen MR) is 27.9 cm³/mol. The molecule has 0 amide bonds. The summed E-state index contributed by atoms with van der Waals surface area (Å²) < 4.78 is 0. The summed E-state index contributed by atoms with van der Waals surface area (Å²) in [5, 5.41) is 10.3. The van der Waals surface area contributed by atoms with Crippen LogP contribution in [-0.2, 0) is 0 Å². The van der Waals surface area contributed by atoms with E-state index in [4.69, 9.17) is 5.26 Å². The van der Waals surface area contributed by atoms with E-state index in [1.54, 1.807) is 6.19 Å². The first-order valence-electron chi connectivity index (χ1n) is 2.13. The summed E-state index contributed by atoms with van der Waals surface area (Å²) in [5.41, 5.74) is 0. The smallest absolute Gasteiger partial charge is 0.355 e. The maximum absolute atomic E-state index is 8.04. The Morgan fingerprint density at radius 3 is 3.00 bits per heavy atom. The van der Waals surface area contributed by atoms with E-state index >= 15 is 0 Å². The number of hydrogen-bond donors (Lipinski definition) is 1. The minimum absolute atomic E-state index is 0. The summed E-state index contributed by atoms with van der Waals surface area (Å²) in [6, 6.07) is 0. The Bertz CT molecular complexity index is 217. The van der Waals surface area contributed by atoms with E-state index in [0.717, 1.165) is 0 Å². The Hall–Kier alpha value is -0.0636. The van der Waals surface area contributed by atoms with Crippen molar-refractivity contribution < 1.29 is 51.4 Å². The third-order valence-electron chi connectivity index (χ3n) is 0.619. The van der Waals surface area contributed by atoms with E-state index in [1.165, 1.54) is 6.33 Å². The molecule has 5 nitrogen and oxygen atoms in total. The van der Waals surface area contributed by atoms with Gasteiger partial charge in [-0.15, -0.1) is 0 Å². The standard InChI is InChI=1S/C4H2N5.K/c5-1-7-4-8-2-6-3-9-4;/h2H,(H,6,7,8,9);/q-1;+1. The molecule has 1 N–H and O–H groups in total. The molecule has 44 valence electrons. The van der Waals surface area contributed by atoms with Gasteiger partial charge in [-0.3, -0.25) is 0 Å². The second-order valence-electron chi connectivity index (χ2n) is 1.15. The van der Waals surface area contributed by atoms with E-state index in [2.05, 4.69) is 26.6 Å². The molecule has 10 heavy (non-hydrogen) atoms. The summed E-state index contributed by atoms with van der Waals surface area (Å²) in [6.07, 6.45) is 5.19. The molecule has 1 aromatic heterocycles. The third kappa shape index (κ3) is 3.19. The van der Waals surface area contributed by atoms with Crippen molar-refractivity contribution in [3.8, 4) is 6.19 Å². The molecule has 0 saturated heterocycles. The zero-order valence-corrected chi connectivity index (χ0v) is 8.49. The summed E-state index contributed by atoms with van der Waals surface area (Å²) >= 11 is 0. The van der Waals surface area contributed by atoms with Crippen LogP contribution in [0.2, 0.25) is 0 Å². The van der Waals surface area contributed by atoms with Gasteiger partial charge in [0.25, 0.3) is 0 Å². The van der Waals surface area contributed by atoms with Gasteiger partial charge in [0.05, 0.1) is 0 Å². The normalized spacial score (nSPS) is 7.10. The molecule has 0 aromatic carbocycles. The van der Waals surface area contributed by atoms with Crippen LogP contribution in [0.15, 0.2) is 6.33 Å². The van der Waals surface area contributed by atoms with Gasteiger partial charge in [0.2, 0.25) is 0 Å². The van der Waals surface area contributed by atoms with Crippen LogP contribution in [-0.4, -0.2) is 15.0 Å². The minimum Gasteiger partial charge on any atom is -0.355 e. The zero-order valence-electron chi connectivity index (χ0n) is 5.37. The molecule has 0 spiro atoms. The van der Waals surface area contributed by atoms with Crippen LogP contribution < -0.4 is 56.7 Å². The summed E-state index contributed by atoms with van der Waals surface area (Å²) in [5.74, 6) is 0.215. The number of hydrogen-bond acceptors (Lipinski definition) is 5. The van der Waals surface area contributed by atoms with Gasteiger partial charge in [0, 0.05) is 12.7 Å². The summed E-state index contributed by atoms with van der Waals surface area (Å²) in [6.45, 7) is 0. The van der Waals surface area contributed by atoms with Gasteiger partial charge < -0.3 is 20.3 Å². The van der Waals surface area contributed by atoms with Gasteiger partial charge in [-0.05, 0) is 0 Å². The molecule has 0 unspecified atom stereocenters. The Kier molecular flexibility index (Phi) is 5.66. The number of nitrogens with one attached hydrogen (secondary N) is 1. The first kappa shape index (κ1) is 9.94. The van der Waals surface area contributed by atoms with Crippen molar-refractivity contribution in [3.63, 3.8) is 0 Å². The fourth-order valence-electron chi connectivity index (χ4n) is 0.325. The molecule has 1 aromatic rings. The van der Waals surface area contributed by atoms with Crippen molar-refractivity contribution in [2.24, 2.45) is 0 Å². The molecular formula is C4H2KN5. The van der Waals surface area contributed by atoms with E-state index in [0.29, 0.717) is 0 Å². The van der Waals surface area contributed by atoms with E-state index < -0.39 is 0 Å². The molecular weight excluding hydrogens is 157 g/mol. The molecule has 0 aliphatic carbocycles. The fourth-order valence-corrected chi connectivity index (χ4v) is 0.325. The quantitative estimate of drug-likeness (QED) is 0.200. The van der Waals surface area contributed by atoms with E-state index in [9.17, 15) is 0 Å². The van der Waals surface area contributed by atoms with Gasteiger partial charge in [-0.25, -0.2) is 0 Å². The van der Waals surface area contributed by atoms with Crippen LogP contribution in [0.3, 0.4) is 0 Å². The number of nitriles is 1. The van der Waals surface area contributed by atoms with Crippen LogP contribution in [0.1, 0.15) is 0 Å². The minimum atomic E-state index is 0. The first-order valence-corrected chi connectivity index (χ1v) is 2.13. The van der Waals surface area contributed by atoms with Crippen LogP contribution in [0.25, 0.3) is 0 Å². The van der Waals surface area contributed by atoms with Gasteiger partial charge in [0.15, 0.2) is 6.19 Å². The first-order chi connectivity index (χ1) is 4.43.